The lowest BCUT2D eigenvalue weighted by atomic mass is 9.85. The molecule has 0 spiro atoms. The smallest absolute Gasteiger partial charge is 0.479 e. The van der Waals surface area contributed by atoms with Crippen LogP contribution in [0.1, 0.15) is 57.9 Å². The lowest BCUT2D eigenvalue weighted by molar-refractivity contribution is -0.271. The summed E-state index contributed by atoms with van der Waals surface area (Å²) in [7, 11) is -3.73. The first-order valence-electron chi connectivity index (χ1n) is 22.5. The molecular formula is C45H50N6O19S. The largest absolute Gasteiger partial charge is 0.501 e. The van der Waals surface area contributed by atoms with E-state index < -0.39 is 81.6 Å². The molecule has 71 heavy (non-hydrogen) atoms. The maximum atomic E-state index is 13.9. The Balaban J connectivity index is 1.04. The average Bonchev–Trinajstić information content (AvgIpc) is 3.72. The fourth-order valence-corrected chi connectivity index (χ4v) is 9.60. The van der Waals surface area contributed by atoms with Crippen LogP contribution in [-0.2, 0) is 75.3 Å². The molecule has 1 aliphatic carbocycles. The molecule has 8 rings (SSSR count). The number of azide groups is 1. The molecule has 4 aliphatic rings. The predicted octanol–water partition coefficient (Wildman–Crippen LogP) is 0.974. The number of aliphatic hydroxyl groups excluding tert-OH is 3. The van der Waals surface area contributed by atoms with Gasteiger partial charge in [0.1, 0.15) is 30.7 Å². The number of carboxylic acids is 1. The fourth-order valence-electron chi connectivity index (χ4n) is 8.88. The number of nitrogens with zero attached hydrogens (tertiary/aromatic N) is 6. The van der Waals surface area contributed by atoms with Gasteiger partial charge in [-0.3, -0.25) is 9.59 Å². The van der Waals surface area contributed by atoms with E-state index in [0.717, 1.165) is 28.6 Å². The van der Waals surface area contributed by atoms with E-state index in [4.69, 9.17) is 47.3 Å². The van der Waals surface area contributed by atoms with Crippen LogP contribution in [0.3, 0.4) is 0 Å². The highest BCUT2D eigenvalue weighted by Crippen LogP contribution is 2.44. The maximum Gasteiger partial charge on any atom is 0.501 e. The van der Waals surface area contributed by atoms with Gasteiger partial charge < -0.3 is 71.8 Å². The highest BCUT2D eigenvalue weighted by Gasteiger charge is 2.49. The van der Waals surface area contributed by atoms with Gasteiger partial charge in [-0.05, 0) is 72.7 Å². The number of aromatic nitrogens is 2. The number of pyridine rings is 2. The molecule has 5 N–H and O–H groups in total. The number of rotatable bonds is 21. The Kier molecular flexibility index (Phi) is 15.1. The zero-order chi connectivity index (χ0) is 50.8. The third-order valence-corrected chi connectivity index (χ3v) is 13.3. The number of aliphatic hydroxyl groups is 4. The number of ether oxygens (including phenoxy) is 6. The molecule has 2 aromatic carbocycles. The number of likely N-dealkylation sites (N-methyl/N-ethyl adjacent to an activating group) is 1. The van der Waals surface area contributed by atoms with Crippen molar-refractivity contribution in [3.05, 3.63) is 90.6 Å². The Labute approximate surface area is 403 Å². The van der Waals surface area contributed by atoms with E-state index in [1.165, 1.54) is 34.7 Å². The number of aliphatic carboxylic acids is 1. The van der Waals surface area contributed by atoms with Crippen LogP contribution in [0.15, 0.2) is 46.3 Å². The van der Waals surface area contributed by atoms with Crippen LogP contribution in [0.4, 0.5) is 0 Å². The predicted molar refractivity (Wildman–Crippen MR) is 242 cm³/mol. The van der Waals surface area contributed by atoms with Crippen molar-refractivity contribution in [2.45, 2.75) is 82.1 Å². The van der Waals surface area contributed by atoms with E-state index in [-0.39, 0.29) is 94.7 Å². The third kappa shape index (κ3) is 10.3. The summed E-state index contributed by atoms with van der Waals surface area (Å²) in [5.41, 5.74) is 9.35. The summed E-state index contributed by atoms with van der Waals surface area (Å²) in [6, 6.07) is 7.74. The molecule has 4 aromatic rings. The Bertz CT molecular complexity index is 2960. The van der Waals surface area contributed by atoms with Crippen LogP contribution in [0, 0.1) is 0 Å². The third-order valence-electron chi connectivity index (χ3n) is 12.5. The number of esters is 1. The minimum Gasteiger partial charge on any atom is -0.479 e. The lowest BCUT2D eigenvalue weighted by Crippen LogP contribution is -2.61. The Morgan fingerprint density at radius 1 is 0.944 bits per heavy atom. The molecule has 6 atom stereocenters. The molecule has 26 heteroatoms. The summed E-state index contributed by atoms with van der Waals surface area (Å²) in [6.07, 6.45) is -8.58. The minimum absolute atomic E-state index is 0.0545. The van der Waals surface area contributed by atoms with Gasteiger partial charge >= 0.3 is 22.3 Å². The summed E-state index contributed by atoms with van der Waals surface area (Å²) >= 11 is 0. The molecule has 3 aliphatic heterocycles. The van der Waals surface area contributed by atoms with Crippen LogP contribution in [-0.4, -0.2) is 157 Å². The first kappa shape index (κ1) is 50.9. The number of carbonyl (C=O) groups is 3. The van der Waals surface area contributed by atoms with Gasteiger partial charge in [-0.25, -0.2) is 14.6 Å². The number of hydrogen-bond donors (Lipinski definition) is 5. The van der Waals surface area contributed by atoms with Crippen LogP contribution >= 0.6 is 0 Å². The molecule has 0 bridgehead atoms. The number of fused-ring (bicyclic) bond motifs is 5. The van der Waals surface area contributed by atoms with Gasteiger partial charge in [-0.1, -0.05) is 12.0 Å². The normalized spacial score (nSPS) is 22.1. The van der Waals surface area contributed by atoms with E-state index in [0.29, 0.717) is 41.7 Å². The zero-order valence-corrected chi connectivity index (χ0v) is 39.1. The van der Waals surface area contributed by atoms with Crippen LogP contribution < -0.4 is 18.7 Å². The Morgan fingerprint density at radius 2 is 1.68 bits per heavy atom. The second kappa shape index (κ2) is 21.1. The van der Waals surface area contributed by atoms with Gasteiger partial charge in [0.25, 0.3) is 11.5 Å². The van der Waals surface area contributed by atoms with E-state index in [2.05, 4.69) is 10.0 Å². The Hall–Kier alpha value is -6.45. The quantitative estimate of drug-likeness (QED) is 0.0225. The summed E-state index contributed by atoms with van der Waals surface area (Å²) in [4.78, 5) is 60.9. The summed E-state index contributed by atoms with van der Waals surface area (Å²) in [5.74, 6) is -4.66. The molecule has 0 saturated carbocycles. The fraction of sp³-hybridized carbons (Fsp3) is 0.489. The van der Waals surface area contributed by atoms with Gasteiger partial charge in [-0.15, -0.1) is 8.42 Å². The number of hydrogen-bond acceptors (Lipinski definition) is 20. The second-order valence-electron chi connectivity index (χ2n) is 17.0. The molecule has 380 valence electrons. The molecule has 1 fully saturated rings. The molecular weight excluding hydrogens is 961 g/mol. The van der Waals surface area contributed by atoms with Crippen molar-refractivity contribution in [3.8, 4) is 28.6 Å². The maximum absolute atomic E-state index is 13.9. The van der Waals surface area contributed by atoms with E-state index >= 15 is 0 Å². The van der Waals surface area contributed by atoms with Gasteiger partial charge in [0, 0.05) is 53.2 Å². The van der Waals surface area contributed by atoms with Crippen molar-refractivity contribution in [2.24, 2.45) is 5.11 Å². The first-order valence-corrected chi connectivity index (χ1v) is 23.8. The average molecular weight is 1010 g/mol. The van der Waals surface area contributed by atoms with Gasteiger partial charge in [0.2, 0.25) is 6.29 Å². The van der Waals surface area contributed by atoms with Crippen molar-refractivity contribution in [3.63, 3.8) is 0 Å². The monoisotopic (exact) mass is 1010 g/mol. The number of carboxylic acid groups (broad SMARTS) is 1. The number of benzene rings is 2. The van der Waals surface area contributed by atoms with Gasteiger partial charge in [0.05, 0.1) is 68.7 Å². The SMILES string of the molecule is CC[C@]1(O)C(=O)OCc2c1cc1n(c2=O)Cc2c-1nc1cc(OS(=O)(=O)Oc3cc(C(=O)N(C)CCOCCOCCOCCN=[N+]=[N-])ccc3O[C@@H]3O[C@H](C(=O)O)[C@@H](O)[C@H](O)[C@H]3O)cc3c1c2CCC3. The van der Waals surface area contributed by atoms with Crippen molar-refractivity contribution >= 4 is 39.1 Å². The number of aryl methyl sites for hydroxylation is 2. The zero-order valence-electron chi connectivity index (χ0n) is 38.3. The molecule has 5 heterocycles. The number of amides is 1. The van der Waals surface area contributed by atoms with E-state index in [9.17, 15) is 53.1 Å². The topological polar surface area (TPSA) is 347 Å². The highest BCUT2D eigenvalue weighted by molar-refractivity contribution is 7.82. The van der Waals surface area contributed by atoms with Crippen LogP contribution in [0.25, 0.3) is 32.7 Å². The first-order chi connectivity index (χ1) is 34.0. The van der Waals surface area contributed by atoms with Crippen molar-refractivity contribution in [1.82, 2.24) is 14.5 Å². The van der Waals surface area contributed by atoms with Crippen molar-refractivity contribution < 1.29 is 85.1 Å². The highest BCUT2D eigenvalue weighted by atomic mass is 32.3. The lowest BCUT2D eigenvalue weighted by Gasteiger charge is -2.38. The van der Waals surface area contributed by atoms with Gasteiger partial charge in [0.15, 0.2) is 23.2 Å². The standard InChI is InChI=1S/C45H50N6O19S/c1-3-45(60)29-20-31-35-27(21-51(31)41(56)28(29)22-66-44(45)59)26-6-4-5-23-17-25(19-30(48-35)34(23)26)69-71(61,62)70-33-18-24(7-8-32(33)67-43-38(54)36(52)37(53)39(68-43)42(57)58)40(55)50(2)10-12-64-14-16-65-15-13-63-11-9-47-49-46/h7-8,17-20,36-39,43,52-54,60H,3-6,9-16,21-22H2,1-2H3,(H,57,58)/t36-,37-,38+,39-,43+,45+/m0/s1. The van der Waals surface area contributed by atoms with Gasteiger partial charge in [-0.2, -0.15) is 0 Å². The molecule has 1 amide bonds. The second-order valence-corrected chi connectivity index (χ2v) is 18.1. The molecule has 2 aromatic heterocycles. The molecule has 25 nitrogen and oxygen atoms in total. The van der Waals surface area contributed by atoms with Crippen LogP contribution in [0.2, 0.25) is 0 Å². The van der Waals surface area contributed by atoms with Crippen LogP contribution in [0.5, 0.6) is 17.2 Å². The van der Waals surface area contributed by atoms with E-state index in [1.807, 2.05) is 0 Å². The number of cyclic esters (lactones) is 1. The van der Waals surface area contributed by atoms with E-state index in [1.54, 1.807) is 13.0 Å². The molecule has 0 unspecified atom stereocenters. The molecule has 0 radical (unpaired) electrons. The van der Waals surface area contributed by atoms with Crippen molar-refractivity contribution in [1.29, 1.82) is 0 Å². The summed E-state index contributed by atoms with van der Waals surface area (Å²) in [5, 5.41) is 56.4. The minimum atomic E-state index is -5.18. The van der Waals surface area contributed by atoms with Crippen molar-refractivity contribution in [2.75, 3.05) is 59.8 Å². The molecule has 1 saturated heterocycles. The summed E-state index contributed by atoms with van der Waals surface area (Å²) in [6.45, 7) is 3.03. The number of carbonyl (C=O) groups excluding carboxylic acids is 2. The summed E-state index contributed by atoms with van der Waals surface area (Å²) < 4.78 is 72.7. The Morgan fingerprint density at radius 3 is 2.39 bits per heavy atom.